The van der Waals surface area contributed by atoms with E-state index in [1.54, 1.807) is 0 Å². The number of hydrogen-bond acceptors (Lipinski definition) is 4. The molecule has 0 aromatic heterocycles. The number of nitrogens with zero attached hydrogens (tertiary/aromatic N) is 2. The number of rotatable bonds is 3. The van der Waals surface area contributed by atoms with Crippen molar-refractivity contribution >= 4 is 27.6 Å². The van der Waals surface area contributed by atoms with Crippen LogP contribution in [0.1, 0.15) is 19.4 Å². The molecule has 0 radical (unpaired) electrons. The average Bonchev–Trinajstić information content (AvgIpc) is 2.62. The third-order valence-electron chi connectivity index (χ3n) is 4.41. The van der Waals surface area contributed by atoms with Gasteiger partial charge in [0.05, 0.1) is 5.36 Å². The molecule has 0 bridgehead atoms. The second-order valence-corrected chi connectivity index (χ2v) is 6.14. The van der Waals surface area contributed by atoms with Gasteiger partial charge in [-0.3, -0.25) is 4.99 Å². The molecular formula is C21H21N3O. The Morgan fingerprint density at radius 3 is 2.64 bits per heavy atom. The number of nitrogens with one attached hydrogen (secondary N) is 1. The molecular weight excluding hydrogens is 310 g/mol. The van der Waals surface area contributed by atoms with Crippen LogP contribution in [0.2, 0.25) is 0 Å². The summed E-state index contributed by atoms with van der Waals surface area (Å²) in [6.07, 6.45) is 0. The summed E-state index contributed by atoms with van der Waals surface area (Å²) >= 11 is 0. The summed E-state index contributed by atoms with van der Waals surface area (Å²) in [6.45, 7) is 7.80. The lowest BCUT2D eigenvalue weighted by Crippen LogP contribution is -2.09. The molecule has 0 unspecified atom stereocenters. The van der Waals surface area contributed by atoms with Gasteiger partial charge in [0, 0.05) is 41.7 Å². The first-order valence-corrected chi connectivity index (χ1v) is 8.72. The minimum atomic E-state index is 0.753. The normalized spacial score (nSPS) is 12.4. The molecule has 0 fully saturated rings. The highest BCUT2D eigenvalue weighted by Crippen LogP contribution is 2.34. The zero-order valence-electron chi connectivity index (χ0n) is 14.8. The van der Waals surface area contributed by atoms with Gasteiger partial charge in [0.2, 0.25) is 0 Å². The highest BCUT2D eigenvalue weighted by atomic mass is 16.3. The SMILES string of the molecule is CCN=c1cc2oc3cc(NCC)c4ccccc4c3nc-2cc1C. The number of anilines is 1. The Morgan fingerprint density at radius 1 is 1.08 bits per heavy atom. The van der Waals surface area contributed by atoms with Crippen molar-refractivity contribution < 1.29 is 4.42 Å². The Bertz CT molecular complexity index is 1110. The van der Waals surface area contributed by atoms with Crippen molar-refractivity contribution in [2.75, 3.05) is 18.4 Å². The lowest BCUT2D eigenvalue weighted by molar-refractivity contribution is 0.612. The lowest BCUT2D eigenvalue weighted by atomic mass is 10.1. The molecule has 1 heterocycles. The summed E-state index contributed by atoms with van der Waals surface area (Å²) in [6, 6.07) is 14.4. The summed E-state index contributed by atoms with van der Waals surface area (Å²) in [4.78, 5) is 9.44. The van der Waals surface area contributed by atoms with E-state index < -0.39 is 0 Å². The Kier molecular flexibility index (Phi) is 3.88. The molecule has 2 aromatic carbocycles. The van der Waals surface area contributed by atoms with Crippen LogP contribution in [0.3, 0.4) is 0 Å². The molecule has 0 atom stereocenters. The van der Waals surface area contributed by atoms with Crippen molar-refractivity contribution in [3.63, 3.8) is 0 Å². The highest BCUT2D eigenvalue weighted by Gasteiger charge is 2.14. The maximum atomic E-state index is 6.22. The molecule has 4 nitrogen and oxygen atoms in total. The summed E-state index contributed by atoms with van der Waals surface area (Å²) < 4.78 is 6.22. The van der Waals surface area contributed by atoms with E-state index in [4.69, 9.17) is 9.40 Å². The Balaban J connectivity index is 2.11. The Morgan fingerprint density at radius 2 is 1.88 bits per heavy atom. The van der Waals surface area contributed by atoms with Crippen molar-refractivity contribution in [2.45, 2.75) is 20.8 Å². The van der Waals surface area contributed by atoms with Crippen LogP contribution in [0.25, 0.3) is 33.3 Å². The van der Waals surface area contributed by atoms with Gasteiger partial charge in [0.1, 0.15) is 11.2 Å². The Hall–Kier alpha value is -2.88. The van der Waals surface area contributed by atoms with E-state index in [9.17, 15) is 0 Å². The third-order valence-corrected chi connectivity index (χ3v) is 4.41. The van der Waals surface area contributed by atoms with Gasteiger partial charge < -0.3 is 9.73 Å². The average molecular weight is 331 g/mol. The first-order chi connectivity index (χ1) is 12.2. The van der Waals surface area contributed by atoms with Crippen molar-refractivity contribution in [1.29, 1.82) is 0 Å². The van der Waals surface area contributed by atoms with Crippen LogP contribution in [-0.4, -0.2) is 18.1 Å². The van der Waals surface area contributed by atoms with Crippen molar-refractivity contribution in [3.8, 4) is 11.5 Å². The van der Waals surface area contributed by atoms with Gasteiger partial charge in [-0.15, -0.1) is 0 Å². The fourth-order valence-corrected chi connectivity index (χ4v) is 3.28. The lowest BCUT2D eigenvalue weighted by Gasteiger charge is -2.13. The van der Waals surface area contributed by atoms with E-state index >= 15 is 0 Å². The number of aromatic nitrogens is 1. The van der Waals surface area contributed by atoms with Crippen LogP contribution in [0, 0.1) is 6.92 Å². The predicted molar refractivity (Wildman–Crippen MR) is 103 cm³/mol. The molecule has 0 saturated heterocycles. The molecule has 0 amide bonds. The standard InChI is InChI=1S/C21H21N3O/c1-4-22-16-11-19-18(10-13(16)3)24-21-15-9-7-6-8-14(15)17(23-5-2)12-20(21)25-19/h6-12,23H,4-5H2,1-3H3. The van der Waals surface area contributed by atoms with Crippen LogP contribution in [0.5, 0.6) is 0 Å². The zero-order valence-corrected chi connectivity index (χ0v) is 14.8. The second-order valence-electron chi connectivity index (χ2n) is 6.14. The summed E-state index contributed by atoms with van der Waals surface area (Å²) in [5.41, 5.74) is 4.73. The third kappa shape index (κ3) is 2.64. The molecule has 1 aliphatic carbocycles. The van der Waals surface area contributed by atoms with E-state index in [1.807, 2.05) is 25.1 Å². The van der Waals surface area contributed by atoms with E-state index in [0.29, 0.717) is 0 Å². The van der Waals surface area contributed by atoms with E-state index in [0.717, 1.165) is 63.0 Å². The topological polar surface area (TPSA) is 50.4 Å². The molecule has 1 N–H and O–H groups in total. The molecule has 0 spiro atoms. The van der Waals surface area contributed by atoms with Gasteiger partial charge in [-0.1, -0.05) is 24.3 Å². The molecule has 0 saturated carbocycles. The van der Waals surface area contributed by atoms with Crippen LogP contribution in [-0.2, 0) is 0 Å². The summed E-state index contributed by atoms with van der Waals surface area (Å²) in [5.74, 6) is 0.767. The van der Waals surface area contributed by atoms with Gasteiger partial charge in [-0.25, -0.2) is 4.98 Å². The van der Waals surface area contributed by atoms with E-state index in [1.165, 1.54) is 0 Å². The Labute approximate surface area is 146 Å². The summed E-state index contributed by atoms with van der Waals surface area (Å²) in [7, 11) is 0. The van der Waals surface area contributed by atoms with Crippen LogP contribution >= 0.6 is 0 Å². The highest BCUT2D eigenvalue weighted by molar-refractivity contribution is 6.10. The number of fused-ring (bicyclic) bond motifs is 4. The molecule has 1 aliphatic heterocycles. The number of benzene rings is 3. The van der Waals surface area contributed by atoms with Gasteiger partial charge >= 0.3 is 0 Å². The zero-order chi connectivity index (χ0) is 17.4. The molecule has 25 heavy (non-hydrogen) atoms. The van der Waals surface area contributed by atoms with Gasteiger partial charge in [0.15, 0.2) is 11.3 Å². The van der Waals surface area contributed by atoms with Crippen molar-refractivity contribution in [2.24, 2.45) is 4.99 Å². The van der Waals surface area contributed by atoms with Crippen molar-refractivity contribution in [1.82, 2.24) is 4.98 Å². The first-order valence-electron chi connectivity index (χ1n) is 8.72. The molecule has 126 valence electrons. The molecule has 2 aliphatic rings. The smallest absolute Gasteiger partial charge is 0.155 e. The van der Waals surface area contributed by atoms with E-state index in [-0.39, 0.29) is 0 Å². The van der Waals surface area contributed by atoms with Crippen LogP contribution < -0.4 is 10.7 Å². The number of aryl methyl sites for hydroxylation is 1. The molecule has 4 heteroatoms. The van der Waals surface area contributed by atoms with Gasteiger partial charge in [0.25, 0.3) is 0 Å². The molecule has 2 aromatic rings. The monoisotopic (exact) mass is 331 g/mol. The maximum absolute atomic E-state index is 6.22. The van der Waals surface area contributed by atoms with Crippen LogP contribution in [0.4, 0.5) is 5.69 Å². The predicted octanol–water partition coefficient (Wildman–Crippen LogP) is 4.75. The minimum absolute atomic E-state index is 0.753. The number of hydrogen-bond donors (Lipinski definition) is 1. The van der Waals surface area contributed by atoms with E-state index in [2.05, 4.69) is 48.4 Å². The quantitative estimate of drug-likeness (QED) is 0.435. The largest absolute Gasteiger partial charge is 0.453 e. The summed E-state index contributed by atoms with van der Waals surface area (Å²) in [5, 5.41) is 6.65. The van der Waals surface area contributed by atoms with Crippen LogP contribution in [0.15, 0.2) is 51.9 Å². The minimum Gasteiger partial charge on any atom is -0.453 e. The fourth-order valence-electron chi connectivity index (χ4n) is 3.28. The van der Waals surface area contributed by atoms with Gasteiger partial charge in [-0.05, 0) is 32.4 Å². The molecule has 4 rings (SSSR count). The second kappa shape index (κ2) is 6.20. The fraction of sp³-hybridized carbons (Fsp3) is 0.238. The maximum Gasteiger partial charge on any atom is 0.155 e. The van der Waals surface area contributed by atoms with Gasteiger partial charge in [-0.2, -0.15) is 0 Å². The first kappa shape index (κ1) is 15.6. The van der Waals surface area contributed by atoms with Crippen molar-refractivity contribution in [3.05, 3.63) is 53.4 Å².